The fourth-order valence-corrected chi connectivity index (χ4v) is 2.26. The molecule has 0 saturated heterocycles. The van der Waals surface area contributed by atoms with E-state index in [0.29, 0.717) is 11.6 Å². The van der Waals surface area contributed by atoms with Crippen molar-refractivity contribution in [3.8, 4) is 0 Å². The van der Waals surface area contributed by atoms with Gasteiger partial charge in [0.25, 0.3) is 0 Å². The highest BCUT2D eigenvalue weighted by Crippen LogP contribution is 2.10. The lowest BCUT2D eigenvalue weighted by atomic mass is 10.1. The zero-order valence-corrected chi connectivity index (χ0v) is 13.6. The summed E-state index contributed by atoms with van der Waals surface area (Å²) in [6.45, 7) is 6.08. The van der Waals surface area contributed by atoms with Gasteiger partial charge in [0.1, 0.15) is 0 Å². The minimum atomic E-state index is -0.132. The molecule has 0 aliphatic heterocycles. The van der Waals surface area contributed by atoms with Crippen LogP contribution in [0.3, 0.4) is 0 Å². The summed E-state index contributed by atoms with van der Waals surface area (Å²) in [5.41, 5.74) is 1.08. The van der Waals surface area contributed by atoms with E-state index in [1.54, 1.807) is 4.90 Å². The van der Waals surface area contributed by atoms with Crippen LogP contribution in [0, 0.1) is 0 Å². The van der Waals surface area contributed by atoms with Crippen LogP contribution >= 0.6 is 11.6 Å². The van der Waals surface area contributed by atoms with Crippen LogP contribution in [0.1, 0.15) is 32.8 Å². The zero-order chi connectivity index (χ0) is 15.8. The van der Waals surface area contributed by atoms with Gasteiger partial charge in [0.15, 0.2) is 0 Å². The topological polar surface area (TPSA) is 49.4 Å². The van der Waals surface area contributed by atoms with Crippen molar-refractivity contribution < 1.29 is 9.59 Å². The van der Waals surface area contributed by atoms with E-state index in [4.69, 9.17) is 11.6 Å². The summed E-state index contributed by atoms with van der Waals surface area (Å²) in [6.07, 6.45) is 1.55. The van der Waals surface area contributed by atoms with E-state index in [9.17, 15) is 9.59 Å². The molecule has 5 heteroatoms. The first-order valence-electron chi connectivity index (χ1n) is 7.22. The van der Waals surface area contributed by atoms with Crippen molar-refractivity contribution in [1.29, 1.82) is 0 Å². The molecular weight excluding hydrogens is 288 g/mol. The van der Waals surface area contributed by atoms with E-state index >= 15 is 0 Å². The molecule has 1 atom stereocenters. The molecule has 0 aliphatic carbocycles. The highest BCUT2D eigenvalue weighted by molar-refractivity contribution is 6.30. The van der Waals surface area contributed by atoms with Crippen LogP contribution in [0.25, 0.3) is 0 Å². The van der Waals surface area contributed by atoms with Gasteiger partial charge >= 0.3 is 0 Å². The van der Waals surface area contributed by atoms with Crippen LogP contribution in [0.5, 0.6) is 0 Å². The van der Waals surface area contributed by atoms with Gasteiger partial charge < -0.3 is 10.2 Å². The average molecular weight is 311 g/mol. The molecule has 0 radical (unpaired) electrons. The Labute approximate surface area is 131 Å². The Bertz CT molecular complexity index is 491. The maximum Gasteiger partial charge on any atom is 0.239 e. The summed E-state index contributed by atoms with van der Waals surface area (Å²) in [5.74, 6) is -0.207. The molecule has 1 aromatic rings. The lowest BCUT2D eigenvalue weighted by Gasteiger charge is -2.26. The summed E-state index contributed by atoms with van der Waals surface area (Å²) in [4.78, 5) is 25.0. The molecule has 2 amide bonds. The predicted molar refractivity (Wildman–Crippen MR) is 85.3 cm³/mol. The van der Waals surface area contributed by atoms with Gasteiger partial charge in [0.05, 0.1) is 6.54 Å². The standard InChI is InChI=1S/C16H23ClN2O2/c1-4-12(2)19(13(3)20)11-16(21)18-9-8-14-6-5-7-15(17)10-14/h5-7,10,12H,4,8-9,11H2,1-3H3,(H,18,21). The van der Waals surface area contributed by atoms with Gasteiger partial charge in [-0.25, -0.2) is 0 Å². The fraction of sp³-hybridized carbons (Fsp3) is 0.500. The lowest BCUT2D eigenvalue weighted by molar-refractivity contribution is -0.136. The van der Waals surface area contributed by atoms with Crippen molar-refractivity contribution in [1.82, 2.24) is 10.2 Å². The molecule has 0 bridgehead atoms. The first-order chi connectivity index (χ1) is 9.93. The summed E-state index contributed by atoms with van der Waals surface area (Å²) >= 11 is 5.91. The van der Waals surface area contributed by atoms with Crippen LogP contribution in [-0.4, -0.2) is 35.8 Å². The molecule has 0 aliphatic rings. The van der Waals surface area contributed by atoms with Crippen LogP contribution in [0.4, 0.5) is 0 Å². The van der Waals surface area contributed by atoms with Crippen molar-refractivity contribution in [2.24, 2.45) is 0 Å². The Kier molecular flexibility index (Phi) is 7.23. The molecule has 21 heavy (non-hydrogen) atoms. The first-order valence-corrected chi connectivity index (χ1v) is 7.60. The summed E-state index contributed by atoms with van der Waals surface area (Å²) in [5, 5.41) is 3.53. The normalized spacial score (nSPS) is 11.8. The second-order valence-corrected chi connectivity index (χ2v) is 5.57. The van der Waals surface area contributed by atoms with Gasteiger partial charge in [0.2, 0.25) is 11.8 Å². The number of carbonyl (C=O) groups is 2. The van der Waals surface area contributed by atoms with E-state index in [2.05, 4.69) is 5.32 Å². The van der Waals surface area contributed by atoms with E-state index in [0.717, 1.165) is 18.4 Å². The summed E-state index contributed by atoms with van der Waals surface area (Å²) in [7, 11) is 0. The number of benzene rings is 1. The Hall–Kier alpha value is -1.55. The molecule has 0 saturated carbocycles. The van der Waals surface area contributed by atoms with Gasteiger partial charge in [-0.2, -0.15) is 0 Å². The largest absolute Gasteiger partial charge is 0.354 e. The SMILES string of the molecule is CCC(C)N(CC(=O)NCCc1cccc(Cl)c1)C(C)=O. The van der Waals surface area contributed by atoms with Crippen molar-refractivity contribution in [3.63, 3.8) is 0 Å². The van der Waals surface area contributed by atoms with Crippen molar-refractivity contribution in [2.75, 3.05) is 13.1 Å². The minimum absolute atomic E-state index is 0.0705. The van der Waals surface area contributed by atoms with Crippen LogP contribution in [0.2, 0.25) is 5.02 Å². The van der Waals surface area contributed by atoms with Gasteiger partial charge in [-0.05, 0) is 37.5 Å². The summed E-state index contributed by atoms with van der Waals surface area (Å²) < 4.78 is 0. The Balaban J connectivity index is 2.41. The van der Waals surface area contributed by atoms with Crippen LogP contribution < -0.4 is 5.32 Å². The lowest BCUT2D eigenvalue weighted by Crippen LogP contribution is -2.44. The Morgan fingerprint density at radius 1 is 1.38 bits per heavy atom. The second-order valence-electron chi connectivity index (χ2n) is 5.13. The zero-order valence-electron chi connectivity index (χ0n) is 12.9. The number of halogens is 1. The van der Waals surface area contributed by atoms with Crippen molar-refractivity contribution in [2.45, 2.75) is 39.7 Å². The van der Waals surface area contributed by atoms with E-state index in [-0.39, 0.29) is 24.4 Å². The monoisotopic (exact) mass is 310 g/mol. The van der Waals surface area contributed by atoms with Crippen LogP contribution in [0.15, 0.2) is 24.3 Å². The average Bonchev–Trinajstić information content (AvgIpc) is 2.43. The number of carbonyl (C=O) groups excluding carboxylic acids is 2. The molecule has 1 unspecified atom stereocenters. The number of hydrogen-bond acceptors (Lipinski definition) is 2. The third-order valence-corrected chi connectivity index (χ3v) is 3.70. The second kappa shape index (κ2) is 8.67. The number of amides is 2. The number of nitrogens with one attached hydrogen (secondary N) is 1. The summed E-state index contributed by atoms with van der Waals surface area (Å²) in [6, 6.07) is 7.63. The third kappa shape index (κ3) is 6.17. The fourth-order valence-electron chi connectivity index (χ4n) is 2.05. The van der Waals surface area contributed by atoms with Gasteiger partial charge in [-0.15, -0.1) is 0 Å². The van der Waals surface area contributed by atoms with Crippen LogP contribution in [-0.2, 0) is 16.0 Å². The molecule has 0 fully saturated rings. The predicted octanol–water partition coefficient (Wildman–Crippen LogP) is 2.65. The number of nitrogens with zero attached hydrogens (tertiary/aromatic N) is 1. The molecule has 4 nitrogen and oxygen atoms in total. The minimum Gasteiger partial charge on any atom is -0.354 e. The highest BCUT2D eigenvalue weighted by Gasteiger charge is 2.18. The maximum absolute atomic E-state index is 11.9. The maximum atomic E-state index is 11.9. The van der Waals surface area contributed by atoms with Gasteiger partial charge in [-0.1, -0.05) is 30.7 Å². The van der Waals surface area contributed by atoms with Crippen molar-refractivity contribution in [3.05, 3.63) is 34.9 Å². The molecule has 0 spiro atoms. The van der Waals surface area contributed by atoms with Crippen molar-refractivity contribution >= 4 is 23.4 Å². The van der Waals surface area contributed by atoms with Gasteiger partial charge in [0, 0.05) is 24.5 Å². The first kappa shape index (κ1) is 17.5. The quantitative estimate of drug-likeness (QED) is 0.841. The van der Waals surface area contributed by atoms with E-state index < -0.39 is 0 Å². The third-order valence-electron chi connectivity index (χ3n) is 3.47. The molecule has 0 aromatic heterocycles. The van der Waals surface area contributed by atoms with E-state index in [1.165, 1.54) is 6.92 Å². The molecule has 1 N–H and O–H groups in total. The smallest absolute Gasteiger partial charge is 0.239 e. The Morgan fingerprint density at radius 3 is 2.67 bits per heavy atom. The molecular formula is C16H23ClN2O2. The number of hydrogen-bond donors (Lipinski definition) is 1. The number of rotatable bonds is 7. The molecule has 1 rings (SSSR count). The van der Waals surface area contributed by atoms with E-state index in [1.807, 2.05) is 38.1 Å². The highest BCUT2D eigenvalue weighted by atomic mass is 35.5. The molecule has 0 heterocycles. The molecule has 1 aromatic carbocycles. The molecule has 116 valence electrons. The van der Waals surface area contributed by atoms with Gasteiger partial charge in [-0.3, -0.25) is 9.59 Å². The Morgan fingerprint density at radius 2 is 2.10 bits per heavy atom.